The van der Waals surface area contributed by atoms with Crippen LogP contribution in [0.3, 0.4) is 0 Å². The molecular weight excluding hydrogens is 260 g/mol. The molecule has 0 fully saturated rings. The van der Waals surface area contributed by atoms with Gasteiger partial charge in [0.15, 0.2) is 0 Å². The molecule has 0 spiro atoms. The van der Waals surface area contributed by atoms with Crippen molar-refractivity contribution in [3.63, 3.8) is 0 Å². The molecular formula is C14H15ClN4. The summed E-state index contributed by atoms with van der Waals surface area (Å²) in [6, 6.07) is 9.53. The monoisotopic (exact) mass is 274 g/mol. The Morgan fingerprint density at radius 1 is 1.21 bits per heavy atom. The quantitative estimate of drug-likeness (QED) is 0.793. The van der Waals surface area contributed by atoms with Gasteiger partial charge in [0.2, 0.25) is 5.95 Å². The summed E-state index contributed by atoms with van der Waals surface area (Å²) in [6.45, 7) is 4.89. The standard InChI is InChI=1S/C14H15ClN4/c1-2-8-16-14-17-9-7-13(19-14)18-10-11-5-3-4-6-12(11)15/h2-7,9H,1,8,10H2,(H2,16,17,18,19). The molecule has 1 heterocycles. The average molecular weight is 275 g/mol. The van der Waals surface area contributed by atoms with E-state index in [1.807, 2.05) is 30.3 Å². The summed E-state index contributed by atoms with van der Waals surface area (Å²) in [7, 11) is 0. The van der Waals surface area contributed by atoms with E-state index < -0.39 is 0 Å². The van der Waals surface area contributed by atoms with Gasteiger partial charge in [-0.25, -0.2) is 4.98 Å². The van der Waals surface area contributed by atoms with Crippen LogP contribution in [0.1, 0.15) is 5.56 Å². The van der Waals surface area contributed by atoms with Crippen molar-refractivity contribution in [2.24, 2.45) is 0 Å². The first-order chi connectivity index (χ1) is 9.29. The minimum Gasteiger partial charge on any atom is -0.366 e. The van der Waals surface area contributed by atoms with Gasteiger partial charge in [-0.3, -0.25) is 0 Å². The number of anilines is 2. The van der Waals surface area contributed by atoms with Crippen LogP contribution in [0.2, 0.25) is 5.02 Å². The minimum absolute atomic E-state index is 0.573. The first-order valence-corrected chi connectivity index (χ1v) is 6.32. The number of hydrogen-bond acceptors (Lipinski definition) is 4. The molecule has 4 nitrogen and oxygen atoms in total. The molecule has 1 aromatic carbocycles. The van der Waals surface area contributed by atoms with Crippen LogP contribution in [-0.2, 0) is 6.54 Å². The van der Waals surface area contributed by atoms with Crippen LogP contribution in [-0.4, -0.2) is 16.5 Å². The molecule has 0 saturated carbocycles. The molecule has 2 rings (SSSR count). The molecule has 0 radical (unpaired) electrons. The molecule has 2 N–H and O–H groups in total. The van der Waals surface area contributed by atoms with Crippen LogP contribution in [0.4, 0.5) is 11.8 Å². The lowest BCUT2D eigenvalue weighted by Crippen LogP contribution is -2.06. The van der Waals surface area contributed by atoms with Crippen molar-refractivity contribution < 1.29 is 0 Å². The molecule has 5 heteroatoms. The Hall–Kier alpha value is -2.07. The highest BCUT2D eigenvalue weighted by atomic mass is 35.5. The van der Waals surface area contributed by atoms with Crippen LogP contribution in [0.15, 0.2) is 49.2 Å². The second-order valence-corrected chi connectivity index (χ2v) is 4.29. The maximum absolute atomic E-state index is 6.09. The van der Waals surface area contributed by atoms with Crippen molar-refractivity contribution in [2.45, 2.75) is 6.54 Å². The Morgan fingerprint density at radius 2 is 2.05 bits per heavy atom. The largest absolute Gasteiger partial charge is 0.366 e. The van der Waals surface area contributed by atoms with Crippen LogP contribution in [0.25, 0.3) is 0 Å². The molecule has 0 unspecified atom stereocenters. The number of rotatable bonds is 6. The van der Waals surface area contributed by atoms with Gasteiger partial charge in [0.25, 0.3) is 0 Å². The Labute approximate surface area is 117 Å². The third-order valence-electron chi connectivity index (χ3n) is 2.48. The molecule has 0 atom stereocenters. The molecule has 0 bridgehead atoms. The highest BCUT2D eigenvalue weighted by Gasteiger charge is 2.01. The summed E-state index contributed by atoms with van der Waals surface area (Å²) in [4.78, 5) is 8.44. The first-order valence-electron chi connectivity index (χ1n) is 5.94. The third kappa shape index (κ3) is 3.96. The number of nitrogens with zero attached hydrogens (tertiary/aromatic N) is 2. The van der Waals surface area contributed by atoms with Gasteiger partial charge in [0.1, 0.15) is 5.82 Å². The van der Waals surface area contributed by atoms with E-state index in [9.17, 15) is 0 Å². The maximum Gasteiger partial charge on any atom is 0.224 e. The predicted molar refractivity (Wildman–Crippen MR) is 79.5 cm³/mol. The SMILES string of the molecule is C=CCNc1nccc(NCc2ccccc2Cl)n1. The Balaban J connectivity index is 1.99. The molecule has 0 aliphatic rings. The highest BCUT2D eigenvalue weighted by molar-refractivity contribution is 6.31. The van der Waals surface area contributed by atoms with E-state index in [1.54, 1.807) is 12.3 Å². The number of halogens is 1. The molecule has 98 valence electrons. The third-order valence-corrected chi connectivity index (χ3v) is 2.85. The van der Waals surface area contributed by atoms with Crippen LogP contribution in [0.5, 0.6) is 0 Å². The van der Waals surface area contributed by atoms with E-state index in [2.05, 4.69) is 27.2 Å². The van der Waals surface area contributed by atoms with Crippen LogP contribution < -0.4 is 10.6 Å². The van der Waals surface area contributed by atoms with E-state index in [1.165, 1.54) is 0 Å². The summed E-state index contributed by atoms with van der Waals surface area (Å²) in [5.74, 6) is 1.32. The summed E-state index contributed by atoms with van der Waals surface area (Å²) in [5, 5.41) is 7.00. The van der Waals surface area contributed by atoms with Gasteiger partial charge in [-0.1, -0.05) is 35.9 Å². The molecule has 2 aromatic rings. The van der Waals surface area contributed by atoms with Gasteiger partial charge in [-0.2, -0.15) is 4.98 Å². The van der Waals surface area contributed by atoms with Crippen molar-refractivity contribution >= 4 is 23.4 Å². The van der Waals surface area contributed by atoms with E-state index in [4.69, 9.17) is 11.6 Å². The zero-order chi connectivity index (χ0) is 13.5. The highest BCUT2D eigenvalue weighted by Crippen LogP contribution is 2.16. The molecule has 1 aromatic heterocycles. The number of aromatic nitrogens is 2. The molecule has 0 aliphatic carbocycles. The zero-order valence-corrected chi connectivity index (χ0v) is 11.2. The lowest BCUT2D eigenvalue weighted by atomic mass is 10.2. The first kappa shape index (κ1) is 13.4. The van der Waals surface area contributed by atoms with Crippen LogP contribution >= 0.6 is 11.6 Å². The van der Waals surface area contributed by atoms with Gasteiger partial charge >= 0.3 is 0 Å². The lowest BCUT2D eigenvalue weighted by molar-refractivity contribution is 1.07. The second-order valence-electron chi connectivity index (χ2n) is 3.88. The Kier molecular flexibility index (Phi) is 4.75. The fraction of sp³-hybridized carbons (Fsp3) is 0.143. The van der Waals surface area contributed by atoms with Crippen molar-refractivity contribution in [2.75, 3.05) is 17.2 Å². The van der Waals surface area contributed by atoms with Crippen molar-refractivity contribution in [3.8, 4) is 0 Å². The minimum atomic E-state index is 0.573. The van der Waals surface area contributed by atoms with Crippen molar-refractivity contribution in [3.05, 3.63) is 59.8 Å². The summed E-state index contributed by atoms with van der Waals surface area (Å²) in [5.41, 5.74) is 1.03. The fourth-order valence-electron chi connectivity index (χ4n) is 1.53. The normalized spacial score (nSPS) is 9.95. The molecule has 0 saturated heterocycles. The second kappa shape index (κ2) is 6.75. The smallest absolute Gasteiger partial charge is 0.224 e. The van der Waals surface area contributed by atoms with Crippen LogP contribution in [0, 0.1) is 0 Å². The number of benzene rings is 1. The van der Waals surface area contributed by atoms with Gasteiger partial charge < -0.3 is 10.6 Å². The zero-order valence-electron chi connectivity index (χ0n) is 10.4. The number of nitrogens with one attached hydrogen (secondary N) is 2. The van der Waals surface area contributed by atoms with E-state index in [0.29, 0.717) is 19.0 Å². The number of hydrogen-bond donors (Lipinski definition) is 2. The van der Waals surface area contributed by atoms with Crippen molar-refractivity contribution in [1.29, 1.82) is 0 Å². The summed E-state index contributed by atoms with van der Waals surface area (Å²) >= 11 is 6.09. The van der Waals surface area contributed by atoms with E-state index in [0.717, 1.165) is 16.4 Å². The average Bonchev–Trinajstić information content (AvgIpc) is 2.45. The molecule has 0 amide bonds. The summed E-state index contributed by atoms with van der Waals surface area (Å²) < 4.78 is 0. The predicted octanol–water partition coefficient (Wildman–Crippen LogP) is 3.34. The van der Waals surface area contributed by atoms with Gasteiger partial charge in [0.05, 0.1) is 0 Å². The Morgan fingerprint density at radius 3 is 2.84 bits per heavy atom. The van der Waals surface area contributed by atoms with Gasteiger partial charge in [0, 0.05) is 24.3 Å². The van der Waals surface area contributed by atoms with Gasteiger partial charge in [-0.15, -0.1) is 6.58 Å². The maximum atomic E-state index is 6.09. The Bertz CT molecular complexity index is 557. The molecule has 19 heavy (non-hydrogen) atoms. The van der Waals surface area contributed by atoms with Crippen molar-refractivity contribution in [1.82, 2.24) is 9.97 Å². The molecule has 0 aliphatic heterocycles. The van der Waals surface area contributed by atoms with Gasteiger partial charge in [-0.05, 0) is 17.7 Å². The lowest BCUT2D eigenvalue weighted by Gasteiger charge is -2.08. The topological polar surface area (TPSA) is 49.8 Å². The fourth-order valence-corrected chi connectivity index (χ4v) is 1.74. The van der Waals surface area contributed by atoms with E-state index in [-0.39, 0.29) is 0 Å². The summed E-state index contributed by atoms with van der Waals surface area (Å²) in [6.07, 6.45) is 3.46. The van der Waals surface area contributed by atoms with E-state index >= 15 is 0 Å².